The standard InChI is InChI=1S/C13H9ClN2O/c14-7-4-5-11-9(6-7)13(17)8-2-1-3-10(15)12(8)16-11/h1-6H,15H2,(H,16,17). The normalized spacial score (nSPS) is 11.1. The molecule has 0 unspecified atom stereocenters. The minimum atomic E-state index is -0.0523. The average molecular weight is 245 g/mol. The predicted octanol–water partition coefficient (Wildman–Crippen LogP) is 2.92. The molecule has 1 heterocycles. The maximum Gasteiger partial charge on any atom is 0.197 e. The summed E-state index contributed by atoms with van der Waals surface area (Å²) in [7, 11) is 0. The molecule has 0 fully saturated rings. The molecule has 0 saturated carbocycles. The summed E-state index contributed by atoms with van der Waals surface area (Å²) in [5.74, 6) is 0. The topological polar surface area (TPSA) is 58.9 Å². The zero-order valence-electron chi connectivity index (χ0n) is 8.83. The van der Waals surface area contributed by atoms with Crippen LogP contribution in [0.15, 0.2) is 41.2 Å². The van der Waals surface area contributed by atoms with Crippen molar-refractivity contribution in [2.24, 2.45) is 0 Å². The second-order valence-corrected chi connectivity index (χ2v) is 4.35. The molecule has 2 aromatic carbocycles. The van der Waals surface area contributed by atoms with Gasteiger partial charge in [0.15, 0.2) is 5.43 Å². The van der Waals surface area contributed by atoms with Crippen LogP contribution in [0, 0.1) is 0 Å². The van der Waals surface area contributed by atoms with E-state index >= 15 is 0 Å². The molecule has 0 spiro atoms. The van der Waals surface area contributed by atoms with Crippen LogP contribution in [0.25, 0.3) is 21.8 Å². The van der Waals surface area contributed by atoms with E-state index in [1.54, 1.807) is 36.4 Å². The van der Waals surface area contributed by atoms with Crippen molar-refractivity contribution in [3.8, 4) is 0 Å². The maximum atomic E-state index is 12.3. The van der Waals surface area contributed by atoms with Gasteiger partial charge in [0.25, 0.3) is 0 Å². The maximum absolute atomic E-state index is 12.3. The number of rotatable bonds is 0. The van der Waals surface area contributed by atoms with Crippen molar-refractivity contribution in [2.75, 3.05) is 5.73 Å². The lowest BCUT2D eigenvalue weighted by Gasteiger charge is -2.05. The number of benzene rings is 2. The smallest absolute Gasteiger partial charge is 0.197 e. The number of fused-ring (bicyclic) bond motifs is 2. The van der Waals surface area contributed by atoms with E-state index in [0.717, 1.165) is 5.52 Å². The Morgan fingerprint density at radius 1 is 1.12 bits per heavy atom. The number of hydrogen-bond donors (Lipinski definition) is 2. The first-order valence-electron chi connectivity index (χ1n) is 5.16. The van der Waals surface area contributed by atoms with Gasteiger partial charge in [-0.15, -0.1) is 0 Å². The Balaban J connectivity index is 2.62. The largest absolute Gasteiger partial charge is 0.397 e. The lowest BCUT2D eigenvalue weighted by Crippen LogP contribution is -2.05. The molecule has 0 aliphatic heterocycles. The van der Waals surface area contributed by atoms with Crippen LogP contribution in [0.3, 0.4) is 0 Å². The van der Waals surface area contributed by atoms with E-state index in [9.17, 15) is 4.79 Å². The summed E-state index contributed by atoms with van der Waals surface area (Å²) < 4.78 is 0. The predicted molar refractivity (Wildman–Crippen MR) is 71.5 cm³/mol. The van der Waals surface area contributed by atoms with Gasteiger partial charge in [0.2, 0.25) is 0 Å². The van der Waals surface area contributed by atoms with Crippen molar-refractivity contribution < 1.29 is 0 Å². The number of nitrogens with two attached hydrogens (primary N) is 1. The van der Waals surface area contributed by atoms with E-state index in [1.807, 2.05) is 0 Å². The molecule has 0 radical (unpaired) electrons. The van der Waals surface area contributed by atoms with Gasteiger partial charge in [-0.1, -0.05) is 17.7 Å². The number of pyridine rings is 1. The van der Waals surface area contributed by atoms with Gasteiger partial charge < -0.3 is 10.7 Å². The monoisotopic (exact) mass is 244 g/mol. The van der Waals surface area contributed by atoms with E-state index in [0.29, 0.717) is 27.0 Å². The Morgan fingerprint density at radius 2 is 1.94 bits per heavy atom. The molecule has 0 amide bonds. The number of nitrogens with one attached hydrogen (secondary N) is 1. The lowest BCUT2D eigenvalue weighted by atomic mass is 10.1. The van der Waals surface area contributed by atoms with Crippen LogP contribution in [0.1, 0.15) is 0 Å². The molecule has 0 atom stereocenters. The summed E-state index contributed by atoms with van der Waals surface area (Å²) in [6, 6.07) is 10.5. The number of H-pyrrole nitrogens is 1. The van der Waals surface area contributed by atoms with Crippen molar-refractivity contribution in [1.82, 2.24) is 4.98 Å². The third-order valence-electron chi connectivity index (χ3n) is 2.83. The summed E-state index contributed by atoms with van der Waals surface area (Å²) in [6.07, 6.45) is 0. The van der Waals surface area contributed by atoms with Crippen LogP contribution >= 0.6 is 11.6 Å². The molecule has 3 rings (SSSR count). The van der Waals surface area contributed by atoms with Crippen molar-refractivity contribution >= 4 is 39.1 Å². The number of halogens is 1. The SMILES string of the molecule is Nc1cccc2c(=O)c3cc(Cl)ccc3[nH]c12. The van der Waals surface area contributed by atoms with Gasteiger partial charge in [-0.3, -0.25) is 4.79 Å². The van der Waals surface area contributed by atoms with E-state index in [1.165, 1.54) is 0 Å². The molecule has 3 nitrogen and oxygen atoms in total. The number of nitrogen functional groups attached to an aromatic ring is 1. The first-order valence-corrected chi connectivity index (χ1v) is 5.54. The zero-order valence-corrected chi connectivity index (χ0v) is 9.58. The van der Waals surface area contributed by atoms with Gasteiger partial charge in [0.1, 0.15) is 0 Å². The highest BCUT2D eigenvalue weighted by molar-refractivity contribution is 6.31. The summed E-state index contributed by atoms with van der Waals surface area (Å²) >= 11 is 5.90. The Labute approximate surface area is 102 Å². The molecule has 17 heavy (non-hydrogen) atoms. The fourth-order valence-electron chi connectivity index (χ4n) is 1.99. The first kappa shape index (κ1) is 10.2. The highest BCUT2D eigenvalue weighted by Gasteiger charge is 2.07. The van der Waals surface area contributed by atoms with Crippen molar-refractivity contribution in [2.45, 2.75) is 0 Å². The number of anilines is 1. The third-order valence-corrected chi connectivity index (χ3v) is 3.06. The molecule has 0 bridgehead atoms. The highest BCUT2D eigenvalue weighted by Crippen LogP contribution is 2.21. The molecule has 4 heteroatoms. The van der Waals surface area contributed by atoms with Crippen LogP contribution in [0.4, 0.5) is 5.69 Å². The highest BCUT2D eigenvalue weighted by atomic mass is 35.5. The van der Waals surface area contributed by atoms with Crippen LogP contribution in [0.2, 0.25) is 5.02 Å². The van der Waals surface area contributed by atoms with E-state index in [-0.39, 0.29) is 5.43 Å². The fourth-order valence-corrected chi connectivity index (χ4v) is 2.16. The molecule has 3 N–H and O–H groups in total. The van der Waals surface area contributed by atoms with E-state index < -0.39 is 0 Å². The van der Waals surface area contributed by atoms with Gasteiger partial charge in [-0.05, 0) is 30.3 Å². The molecule has 3 aromatic rings. The number of para-hydroxylation sites is 1. The Bertz CT molecular complexity index is 786. The van der Waals surface area contributed by atoms with Crippen LogP contribution in [-0.2, 0) is 0 Å². The Morgan fingerprint density at radius 3 is 2.76 bits per heavy atom. The van der Waals surface area contributed by atoms with Gasteiger partial charge in [-0.2, -0.15) is 0 Å². The van der Waals surface area contributed by atoms with Gasteiger partial charge >= 0.3 is 0 Å². The van der Waals surface area contributed by atoms with Crippen molar-refractivity contribution in [1.29, 1.82) is 0 Å². The van der Waals surface area contributed by atoms with Crippen molar-refractivity contribution in [3.05, 3.63) is 51.6 Å². The molecule has 84 valence electrons. The van der Waals surface area contributed by atoms with Crippen LogP contribution in [-0.4, -0.2) is 4.98 Å². The lowest BCUT2D eigenvalue weighted by molar-refractivity contribution is 1.48. The van der Waals surface area contributed by atoms with E-state index in [2.05, 4.69) is 4.98 Å². The molecule has 0 aliphatic carbocycles. The summed E-state index contributed by atoms with van der Waals surface area (Å²) in [4.78, 5) is 15.4. The second-order valence-electron chi connectivity index (χ2n) is 3.91. The first-order chi connectivity index (χ1) is 8.16. The Kier molecular flexibility index (Phi) is 2.09. The molecule has 0 aliphatic rings. The van der Waals surface area contributed by atoms with Crippen molar-refractivity contribution in [3.63, 3.8) is 0 Å². The van der Waals surface area contributed by atoms with Crippen LogP contribution in [0.5, 0.6) is 0 Å². The molecule has 1 aromatic heterocycles. The minimum absolute atomic E-state index is 0.0523. The number of aromatic nitrogens is 1. The van der Waals surface area contributed by atoms with Gasteiger partial charge in [0.05, 0.1) is 11.2 Å². The second kappa shape index (κ2) is 3.50. The summed E-state index contributed by atoms with van der Waals surface area (Å²) in [6.45, 7) is 0. The number of hydrogen-bond acceptors (Lipinski definition) is 2. The average Bonchev–Trinajstić information content (AvgIpc) is 2.32. The third kappa shape index (κ3) is 1.47. The summed E-state index contributed by atoms with van der Waals surface area (Å²) in [5, 5.41) is 1.71. The fraction of sp³-hybridized carbons (Fsp3) is 0. The van der Waals surface area contributed by atoms with Gasteiger partial charge in [0, 0.05) is 21.3 Å². The molecule has 0 saturated heterocycles. The molecular weight excluding hydrogens is 236 g/mol. The number of aromatic amines is 1. The zero-order chi connectivity index (χ0) is 12.0. The Hall–Kier alpha value is -2.00. The minimum Gasteiger partial charge on any atom is -0.397 e. The van der Waals surface area contributed by atoms with E-state index in [4.69, 9.17) is 17.3 Å². The van der Waals surface area contributed by atoms with Crippen LogP contribution < -0.4 is 11.2 Å². The van der Waals surface area contributed by atoms with Gasteiger partial charge in [-0.25, -0.2) is 0 Å². The summed E-state index contributed by atoms with van der Waals surface area (Å²) in [5.41, 5.74) is 7.78. The molecular formula is C13H9ClN2O. The quantitative estimate of drug-likeness (QED) is 0.472.